The second kappa shape index (κ2) is 5.78. The van der Waals surface area contributed by atoms with Crippen LogP contribution in [0.25, 0.3) is 10.9 Å². The van der Waals surface area contributed by atoms with Crippen LogP contribution in [0.1, 0.15) is 11.1 Å². The number of nitrogens with two attached hydrogens (primary N) is 1. The largest absolute Gasteiger partial charge is 0.382 e. The van der Waals surface area contributed by atoms with Gasteiger partial charge in [-0.3, -0.25) is 0 Å². The Morgan fingerprint density at radius 3 is 2.68 bits per heavy atom. The van der Waals surface area contributed by atoms with Crippen molar-refractivity contribution in [3.8, 4) is 0 Å². The van der Waals surface area contributed by atoms with Crippen LogP contribution in [0.4, 0.5) is 17.2 Å². The van der Waals surface area contributed by atoms with Crippen LogP contribution >= 0.6 is 27.5 Å². The number of nitrogens with zero attached hydrogens (tertiary/aromatic N) is 1. The third-order valence-corrected chi connectivity index (χ3v) is 4.44. The van der Waals surface area contributed by atoms with Gasteiger partial charge in [-0.15, -0.1) is 0 Å². The summed E-state index contributed by atoms with van der Waals surface area (Å²) in [5.74, 6) is 0.323. The summed E-state index contributed by atoms with van der Waals surface area (Å²) >= 11 is 9.89. The van der Waals surface area contributed by atoms with Crippen molar-refractivity contribution in [1.82, 2.24) is 4.98 Å². The van der Waals surface area contributed by atoms with E-state index >= 15 is 0 Å². The fraction of sp³-hybridized carbons (Fsp3) is 0.118. The maximum absolute atomic E-state index is 6.40. The van der Waals surface area contributed by atoms with E-state index in [0.717, 1.165) is 32.3 Å². The van der Waals surface area contributed by atoms with Gasteiger partial charge in [0.2, 0.25) is 0 Å². The predicted molar refractivity (Wildman–Crippen MR) is 98.1 cm³/mol. The van der Waals surface area contributed by atoms with Gasteiger partial charge < -0.3 is 11.1 Å². The molecular formula is C17H15BrClN3. The molecular weight excluding hydrogens is 362 g/mol. The summed E-state index contributed by atoms with van der Waals surface area (Å²) in [6.07, 6.45) is 0. The van der Waals surface area contributed by atoms with Crippen LogP contribution < -0.4 is 11.1 Å². The van der Waals surface area contributed by atoms with E-state index in [2.05, 4.69) is 58.3 Å². The van der Waals surface area contributed by atoms with Gasteiger partial charge in [-0.25, -0.2) is 4.98 Å². The molecule has 22 heavy (non-hydrogen) atoms. The molecule has 2 aromatic carbocycles. The van der Waals surface area contributed by atoms with Gasteiger partial charge in [0.25, 0.3) is 0 Å². The number of benzene rings is 2. The summed E-state index contributed by atoms with van der Waals surface area (Å²) in [5, 5.41) is 4.78. The molecule has 0 aliphatic carbocycles. The third kappa shape index (κ3) is 2.76. The van der Waals surface area contributed by atoms with Crippen LogP contribution in [0.3, 0.4) is 0 Å². The molecule has 0 amide bonds. The molecule has 0 bridgehead atoms. The molecule has 0 fully saturated rings. The molecule has 3 N–H and O–H groups in total. The molecule has 0 aliphatic heterocycles. The van der Waals surface area contributed by atoms with E-state index < -0.39 is 0 Å². The van der Waals surface area contributed by atoms with Crippen molar-refractivity contribution in [2.24, 2.45) is 0 Å². The lowest BCUT2D eigenvalue weighted by Crippen LogP contribution is -2.00. The third-order valence-electron chi connectivity index (χ3n) is 3.57. The second-order valence-corrected chi connectivity index (χ2v) is 6.58. The van der Waals surface area contributed by atoms with E-state index in [1.54, 1.807) is 0 Å². The smallest absolute Gasteiger partial charge is 0.145 e. The number of pyridine rings is 1. The summed E-state index contributed by atoms with van der Waals surface area (Å²) in [6.45, 7) is 4.11. The normalized spacial score (nSPS) is 10.9. The first-order valence-electron chi connectivity index (χ1n) is 6.84. The average molecular weight is 377 g/mol. The van der Waals surface area contributed by atoms with Gasteiger partial charge in [-0.2, -0.15) is 0 Å². The topological polar surface area (TPSA) is 50.9 Å². The first-order valence-corrected chi connectivity index (χ1v) is 8.01. The Hall–Kier alpha value is -1.78. The van der Waals surface area contributed by atoms with E-state index in [9.17, 15) is 0 Å². The van der Waals surface area contributed by atoms with E-state index in [4.69, 9.17) is 17.3 Å². The van der Waals surface area contributed by atoms with E-state index in [1.165, 1.54) is 5.56 Å². The molecule has 0 saturated carbocycles. The molecule has 3 nitrogen and oxygen atoms in total. The lowest BCUT2D eigenvalue weighted by molar-refractivity contribution is 1.37. The summed E-state index contributed by atoms with van der Waals surface area (Å²) in [7, 11) is 0. The number of halogens is 2. The molecule has 5 heteroatoms. The Morgan fingerprint density at radius 2 is 1.91 bits per heavy atom. The number of hydrogen-bond donors (Lipinski definition) is 2. The second-order valence-electron chi connectivity index (χ2n) is 5.29. The lowest BCUT2D eigenvalue weighted by Gasteiger charge is -2.15. The van der Waals surface area contributed by atoms with Gasteiger partial charge in [0.1, 0.15) is 10.8 Å². The van der Waals surface area contributed by atoms with Crippen LogP contribution in [0.15, 0.2) is 40.9 Å². The predicted octanol–water partition coefficient (Wildman–Crippen LogP) is 5.59. The molecule has 0 atom stereocenters. The zero-order valence-corrected chi connectivity index (χ0v) is 14.6. The highest BCUT2D eigenvalue weighted by Gasteiger charge is 2.13. The van der Waals surface area contributed by atoms with Crippen molar-refractivity contribution < 1.29 is 0 Å². The van der Waals surface area contributed by atoms with Crippen molar-refractivity contribution in [1.29, 1.82) is 0 Å². The molecule has 3 aromatic rings. The first kappa shape index (κ1) is 15.1. The minimum absolute atomic E-state index is 0.323. The van der Waals surface area contributed by atoms with Crippen molar-refractivity contribution in [3.63, 3.8) is 0 Å². The number of nitrogens with one attached hydrogen (secondary N) is 1. The maximum atomic E-state index is 6.40. The van der Waals surface area contributed by atoms with Crippen LogP contribution in [0, 0.1) is 13.8 Å². The Balaban J connectivity index is 2.23. The molecule has 0 unspecified atom stereocenters. The van der Waals surface area contributed by atoms with Crippen molar-refractivity contribution in [3.05, 3.63) is 57.0 Å². The molecule has 1 aromatic heterocycles. The number of fused-ring (bicyclic) bond motifs is 1. The van der Waals surface area contributed by atoms with E-state index in [1.807, 2.05) is 18.2 Å². The van der Waals surface area contributed by atoms with Gasteiger partial charge in [0.15, 0.2) is 0 Å². The quantitative estimate of drug-likeness (QED) is 0.612. The fourth-order valence-electron chi connectivity index (χ4n) is 2.36. The molecule has 1 heterocycles. The standard InChI is InChI=1S/C17H15BrClN3/c1-9-3-4-10(2)14(7-9)21-16-12-8-11(18)5-6-13(12)22-17(20)15(16)19/h3-8H,1-2H3,(H3,20,21,22). The van der Waals surface area contributed by atoms with E-state index in [-0.39, 0.29) is 0 Å². The summed E-state index contributed by atoms with van der Waals surface area (Å²) in [5.41, 5.74) is 10.9. The number of nitrogen functional groups attached to an aromatic ring is 1. The van der Waals surface area contributed by atoms with E-state index in [0.29, 0.717) is 10.8 Å². The number of aromatic nitrogens is 1. The van der Waals surface area contributed by atoms with Crippen LogP contribution in [-0.2, 0) is 0 Å². The Labute approximate surface area is 142 Å². The van der Waals surface area contributed by atoms with Gasteiger partial charge in [-0.1, -0.05) is 39.7 Å². The molecule has 0 aliphatic rings. The Morgan fingerprint density at radius 1 is 1.14 bits per heavy atom. The summed E-state index contributed by atoms with van der Waals surface area (Å²) in [4.78, 5) is 4.34. The highest BCUT2D eigenvalue weighted by Crippen LogP contribution is 2.37. The van der Waals surface area contributed by atoms with Crippen molar-refractivity contribution >= 4 is 55.6 Å². The Bertz CT molecular complexity index is 877. The highest BCUT2D eigenvalue weighted by molar-refractivity contribution is 9.10. The average Bonchev–Trinajstić information content (AvgIpc) is 2.48. The first-order chi connectivity index (χ1) is 10.5. The minimum atomic E-state index is 0.323. The SMILES string of the molecule is Cc1ccc(C)c(Nc2c(Cl)c(N)nc3ccc(Br)cc23)c1. The van der Waals surface area contributed by atoms with Crippen LogP contribution in [-0.4, -0.2) is 4.98 Å². The van der Waals surface area contributed by atoms with Crippen LogP contribution in [0.2, 0.25) is 5.02 Å². The number of aryl methyl sites for hydroxylation is 2. The van der Waals surface area contributed by atoms with Crippen molar-refractivity contribution in [2.75, 3.05) is 11.1 Å². The lowest BCUT2D eigenvalue weighted by atomic mass is 10.1. The summed E-state index contributed by atoms with van der Waals surface area (Å²) in [6, 6.07) is 12.1. The molecule has 112 valence electrons. The minimum Gasteiger partial charge on any atom is -0.382 e. The molecule has 0 spiro atoms. The zero-order valence-electron chi connectivity index (χ0n) is 12.2. The molecule has 0 saturated heterocycles. The highest BCUT2D eigenvalue weighted by atomic mass is 79.9. The number of anilines is 3. The molecule has 3 rings (SSSR count). The van der Waals surface area contributed by atoms with Gasteiger partial charge in [0, 0.05) is 15.5 Å². The number of rotatable bonds is 2. The van der Waals surface area contributed by atoms with Crippen LogP contribution in [0.5, 0.6) is 0 Å². The van der Waals surface area contributed by atoms with Crippen molar-refractivity contribution in [2.45, 2.75) is 13.8 Å². The zero-order chi connectivity index (χ0) is 15.9. The van der Waals surface area contributed by atoms with Gasteiger partial charge >= 0.3 is 0 Å². The number of hydrogen-bond acceptors (Lipinski definition) is 3. The fourth-order valence-corrected chi connectivity index (χ4v) is 2.91. The monoisotopic (exact) mass is 375 g/mol. The Kier molecular flexibility index (Phi) is 3.98. The maximum Gasteiger partial charge on any atom is 0.145 e. The molecule has 0 radical (unpaired) electrons. The van der Waals surface area contributed by atoms with Gasteiger partial charge in [0.05, 0.1) is 11.2 Å². The summed E-state index contributed by atoms with van der Waals surface area (Å²) < 4.78 is 0.964. The van der Waals surface area contributed by atoms with Gasteiger partial charge in [-0.05, 0) is 49.2 Å².